The molecule has 0 spiro atoms. The molecule has 0 amide bonds. The van der Waals surface area contributed by atoms with Crippen molar-refractivity contribution in [2.75, 3.05) is 0 Å². The number of hydrogen-bond acceptors (Lipinski definition) is 2. The summed E-state index contributed by atoms with van der Waals surface area (Å²) in [5.74, 6) is -1.45. The van der Waals surface area contributed by atoms with Gasteiger partial charge in [-0.3, -0.25) is 4.79 Å². The SMILES string of the molecule is C[C@H](C(=O)O)c1cccc(C(O)c2ccccc2)c1. The summed E-state index contributed by atoms with van der Waals surface area (Å²) in [6.45, 7) is 1.64. The maximum absolute atomic E-state index is 11.0. The van der Waals surface area contributed by atoms with Crippen molar-refractivity contribution in [1.29, 1.82) is 0 Å². The predicted molar refractivity (Wildman–Crippen MR) is 73.0 cm³/mol. The minimum Gasteiger partial charge on any atom is -0.481 e. The van der Waals surface area contributed by atoms with E-state index in [4.69, 9.17) is 5.11 Å². The topological polar surface area (TPSA) is 57.5 Å². The highest BCUT2D eigenvalue weighted by Crippen LogP contribution is 2.25. The van der Waals surface area contributed by atoms with Crippen molar-refractivity contribution >= 4 is 5.97 Å². The zero-order valence-corrected chi connectivity index (χ0v) is 10.7. The lowest BCUT2D eigenvalue weighted by molar-refractivity contribution is -0.138. The average Bonchev–Trinajstić information content (AvgIpc) is 2.46. The molecule has 3 heteroatoms. The molecular formula is C16H16O3. The fourth-order valence-electron chi connectivity index (χ4n) is 1.97. The van der Waals surface area contributed by atoms with Crippen LogP contribution in [0.25, 0.3) is 0 Å². The Kier molecular flexibility index (Phi) is 3.97. The summed E-state index contributed by atoms with van der Waals surface area (Å²) >= 11 is 0. The molecule has 0 aliphatic carbocycles. The van der Waals surface area contributed by atoms with Crippen LogP contribution in [0, 0.1) is 0 Å². The number of carboxylic acids is 1. The van der Waals surface area contributed by atoms with Crippen LogP contribution in [0.5, 0.6) is 0 Å². The maximum Gasteiger partial charge on any atom is 0.310 e. The predicted octanol–water partition coefficient (Wildman–Crippen LogP) is 2.96. The largest absolute Gasteiger partial charge is 0.481 e. The number of hydrogen-bond donors (Lipinski definition) is 2. The molecule has 2 aromatic rings. The Hall–Kier alpha value is -2.13. The molecule has 98 valence electrons. The van der Waals surface area contributed by atoms with Gasteiger partial charge in [-0.15, -0.1) is 0 Å². The maximum atomic E-state index is 11.0. The fraction of sp³-hybridized carbons (Fsp3) is 0.188. The van der Waals surface area contributed by atoms with Gasteiger partial charge in [0.15, 0.2) is 0 Å². The highest BCUT2D eigenvalue weighted by Gasteiger charge is 2.16. The van der Waals surface area contributed by atoms with Crippen molar-refractivity contribution < 1.29 is 15.0 Å². The lowest BCUT2D eigenvalue weighted by atomic mass is 9.95. The third kappa shape index (κ3) is 3.01. The van der Waals surface area contributed by atoms with E-state index in [0.717, 1.165) is 5.56 Å². The van der Waals surface area contributed by atoms with Crippen LogP contribution in [0.3, 0.4) is 0 Å². The Morgan fingerprint density at radius 3 is 2.16 bits per heavy atom. The molecule has 2 rings (SSSR count). The van der Waals surface area contributed by atoms with E-state index in [1.165, 1.54) is 0 Å². The monoisotopic (exact) mass is 256 g/mol. The smallest absolute Gasteiger partial charge is 0.310 e. The second-order valence-corrected chi connectivity index (χ2v) is 4.54. The Labute approximate surface area is 112 Å². The lowest BCUT2D eigenvalue weighted by Crippen LogP contribution is -2.08. The third-order valence-electron chi connectivity index (χ3n) is 3.21. The molecule has 0 radical (unpaired) electrons. The summed E-state index contributed by atoms with van der Waals surface area (Å²) in [5, 5.41) is 19.3. The van der Waals surface area contributed by atoms with E-state index in [1.54, 1.807) is 31.2 Å². The van der Waals surface area contributed by atoms with Crippen LogP contribution in [0.4, 0.5) is 0 Å². The summed E-state index contributed by atoms with van der Waals surface area (Å²) in [5.41, 5.74) is 2.19. The van der Waals surface area contributed by atoms with Gasteiger partial charge in [-0.1, -0.05) is 54.6 Å². The third-order valence-corrected chi connectivity index (χ3v) is 3.21. The van der Waals surface area contributed by atoms with Gasteiger partial charge in [-0.2, -0.15) is 0 Å². The normalized spacial score (nSPS) is 13.8. The number of aliphatic hydroxyl groups is 1. The van der Waals surface area contributed by atoms with Gasteiger partial charge in [-0.05, 0) is 23.6 Å². The highest BCUT2D eigenvalue weighted by atomic mass is 16.4. The molecule has 0 saturated carbocycles. The van der Waals surface area contributed by atoms with Crippen molar-refractivity contribution in [1.82, 2.24) is 0 Å². The van der Waals surface area contributed by atoms with E-state index >= 15 is 0 Å². The first-order valence-corrected chi connectivity index (χ1v) is 6.15. The first-order valence-electron chi connectivity index (χ1n) is 6.15. The van der Waals surface area contributed by atoms with E-state index in [0.29, 0.717) is 11.1 Å². The quantitative estimate of drug-likeness (QED) is 0.884. The van der Waals surface area contributed by atoms with E-state index in [9.17, 15) is 9.90 Å². The minimum absolute atomic E-state index is 0.581. The molecule has 0 bridgehead atoms. The lowest BCUT2D eigenvalue weighted by Gasteiger charge is -2.14. The van der Waals surface area contributed by atoms with Gasteiger partial charge in [0.05, 0.1) is 5.92 Å². The van der Waals surface area contributed by atoms with Gasteiger partial charge in [0.1, 0.15) is 6.10 Å². The first kappa shape index (κ1) is 13.3. The Morgan fingerprint density at radius 2 is 1.53 bits per heavy atom. The molecule has 2 N–H and O–H groups in total. The molecule has 1 unspecified atom stereocenters. The Bertz CT molecular complexity index is 563. The number of carbonyl (C=O) groups is 1. The molecule has 0 saturated heterocycles. The summed E-state index contributed by atoms with van der Waals surface area (Å²) in [4.78, 5) is 11.0. The van der Waals surface area contributed by atoms with Gasteiger partial charge in [-0.25, -0.2) is 0 Å². The van der Waals surface area contributed by atoms with Crippen LogP contribution in [-0.2, 0) is 4.79 Å². The first-order chi connectivity index (χ1) is 9.09. The van der Waals surface area contributed by atoms with Crippen molar-refractivity contribution in [2.24, 2.45) is 0 Å². The van der Waals surface area contributed by atoms with Crippen molar-refractivity contribution in [3.63, 3.8) is 0 Å². The molecule has 0 heterocycles. The summed E-state index contributed by atoms with van der Waals surface area (Å²) in [6.07, 6.45) is -0.734. The summed E-state index contributed by atoms with van der Waals surface area (Å²) in [6, 6.07) is 16.4. The van der Waals surface area contributed by atoms with Gasteiger partial charge >= 0.3 is 5.97 Å². The second-order valence-electron chi connectivity index (χ2n) is 4.54. The molecule has 0 aliphatic rings. The van der Waals surface area contributed by atoms with E-state index in [2.05, 4.69) is 0 Å². The van der Waals surface area contributed by atoms with E-state index < -0.39 is 18.0 Å². The number of rotatable bonds is 4. The zero-order valence-electron chi connectivity index (χ0n) is 10.7. The fourth-order valence-corrected chi connectivity index (χ4v) is 1.97. The summed E-state index contributed by atoms with van der Waals surface area (Å²) < 4.78 is 0. The van der Waals surface area contributed by atoms with E-state index in [-0.39, 0.29) is 0 Å². The Balaban J connectivity index is 2.31. The summed E-state index contributed by atoms with van der Waals surface area (Å²) in [7, 11) is 0. The molecule has 2 aromatic carbocycles. The molecule has 0 aromatic heterocycles. The Morgan fingerprint density at radius 1 is 0.947 bits per heavy atom. The molecule has 3 nitrogen and oxygen atoms in total. The standard InChI is InChI=1S/C16H16O3/c1-11(16(18)19)13-8-5-9-14(10-13)15(17)12-6-3-2-4-7-12/h2-11,15,17H,1H3,(H,18,19)/t11-,15?/m0/s1. The number of aliphatic hydroxyl groups excluding tert-OH is 1. The highest BCUT2D eigenvalue weighted by molar-refractivity contribution is 5.75. The van der Waals surface area contributed by atoms with Crippen molar-refractivity contribution in [3.8, 4) is 0 Å². The number of benzene rings is 2. The molecule has 0 fully saturated rings. The molecular weight excluding hydrogens is 240 g/mol. The van der Waals surface area contributed by atoms with Gasteiger partial charge in [0.25, 0.3) is 0 Å². The van der Waals surface area contributed by atoms with Gasteiger partial charge in [0, 0.05) is 0 Å². The van der Waals surface area contributed by atoms with Crippen LogP contribution >= 0.6 is 0 Å². The van der Waals surface area contributed by atoms with Crippen LogP contribution in [0.15, 0.2) is 54.6 Å². The minimum atomic E-state index is -0.869. The van der Waals surface area contributed by atoms with Crippen LogP contribution in [-0.4, -0.2) is 16.2 Å². The average molecular weight is 256 g/mol. The van der Waals surface area contributed by atoms with Crippen molar-refractivity contribution in [3.05, 3.63) is 71.3 Å². The number of aliphatic carboxylic acids is 1. The van der Waals surface area contributed by atoms with Crippen molar-refractivity contribution in [2.45, 2.75) is 18.9 Å². The molecule has 2 atom stereocenters. The van der Waals surface area contributed by atoms with E-state index in [1.807, 2.05) is 30.3 Å². The molecule has 0 aliphatic heterocycles. The van der Waals surface area contributed by atoms with Gasteiger partial charge < -0.3 is 10.2 Å². The number of carboxylic acid groups (broad SMARTS) is 1. The zero-order chi connectivity index (χ0) is 13.8. The molecule has 19 heavy (non-hydrogen) atoms. The van der Waals surface area contributed by atoms with Crippen LogP contribution < -0.4 is 0 Å². The second kappa shape index (κ2) is 5.67. The van der Waals surface area contributed by atoms with Gasteiger partial charge in [0.2, 0.25) is 0 Å². The van der Waals surface area contributed by atoms with Crippen LogP contribution in [0.1, 0.15) is 35.6 Å². The van der Waals surface area contributed by atoms with Crippen LogP contribution in [0.2, 0.25) is 0 Å².